The van der Waals surface area contributed by atoms with Gasteiger partial charge in [0.25, 0.3) is 0 Å². The minimum absolute atomic E-state index is 0.0538. The Morgan fingerprint density at radius 3 is 2.43 bits per heavy atom. The smallest absolute Gasteiger partial charge is 0.326 e. The first-order valence-corrected chi connectivity index (χ1v) is 6.38. The van der Waals surface area contributed by atoms with Crippen molar-refractivity contribution in [2.75, 3.05) is 0 Å². The van der Waals surface area contributed by atoms with Crippen LogP contribution in [-0.4, -0.2) is 34.0 Å². The van der Waals surface area contributed by atoms with Gasteiger partial charge in [-0.15, -0.1) is 0 Å². The van der Waals surface area contributed by atoms with Gasteiger partial charge in [0.15, 0.2) is 0 Å². The third-order valence-electron chi connectivity index (χ3n) is 2.84. The fourth-order valence-electron chi connectivity index (χ4n) is 1.68. The predicted octanol–water partition coefficient (Wildman–Crippen LogP) is 0.161. The molecule has 1 heterocycles. The Morgan fingerprint density at radius 1 is 1.29 bits per heavy atom. The molecular formula is C13H18N4O4. The zero-order valence-corrected chi connectivity index (χ0v) is 11.6. The maximum absolute atomic E-state index is 11.8. The zero-order chi connectivity index (χ0) is 15.8. The highest BCUT2D eigenvalue weighted by atomic mass is 16.4. The maximum Gasteiger partial charge on any atom is 0.326 e. The average Bonchev–Trinajstić information content (AvgIpc) is 2.43. The Kier molecular flexibility index (Phi) is 6.12. The van der Waals surface area contributed by atoms with Gasteiger partial charge in [0.2, 0.25) is 5.91 Å². The lowest BCUT2D eigenvalue weighted by Gasteiger charge is -2.18. The number of nitrogens with zero attached hydrogens (tertiary/aromatic N) is 1. The summed E-state index contributed by atoms with van der Waals surface area (Å²) in [5.41, 5.74) is 5.80. The highest BCUT2D eigenvalue weighted by Crippen LogP contribution is 2.09. The zero-order valence-electron chi connectivity index (χ0n) is 11.6. The average molecular weight is 294 g/mol. The molecule has 0 radical (unpaired) electrons. The summed E-state index contributed by atoms with van der Waals surface area (Å²) in [7, 11) is 0. The van der Waals surface area contributed by atoms with Crippen molar-refractivity contribution < 1.29 is 19.5 Å². The van der Waals surface area contributed by atoms with Gasteiger partial charge >= 0.3 is 12.0 Å². The van der Waals surface area contributed by atoms with Gasteiger partial charge in [-0.25, -0.2) is 9.59 Å². The summed E-state index contributed by atoms with van der Waals surface area (Å²) >= 11 is 0. The number of primary amides is 1. The van der Waals surface area contributed by atoms with E-state index in [1.165, 1.54) is 0 Å². The number of aliphatic carboxylic acids is 1. The maximum atomic E-state index is 11.8. The molecule has 2 atom stereocenters. The molecule has 0 aromatic carbocycles. The van der Waals surface area contributed by atoms with E-state index in [9.17, 15) is 14.4 Å². The Labute approximate surface area is 121 Å². The number of hydrogen-bond donors (Lipinski definition) is 4. The Bertz CT molecular complexity index is 506. The van der Waals surface area contributed by atoms with Crippen LogP contribution in [0.25, 0.3) is 0 Å². The minimum Gasteiger partial charge on any atom is -0.480 e. The fraction of sp³-hybridized carbons (Fsp3) is 0.385. The Hall–Kier alpha value is -2.64. The molecule has 114 valence electrons. The van der Waals surface area contributed by atoms with E-state index < -0.39 is 23.9 Å². The van der Waals surface area contributed by atoms with Gasteiger partial charge in [-0.2, -0.15) is 0 Å². The van der Waals surface area contributed by atoms with E-state index in [-0.39, 0.29) is 18.9 Å². The summed E-state index contributed by atoms with van der Waals surface area (Å²) in [6.07, 6.45) is 3.02. The second-order valence-corrected chi connectivity index (χ2v) is 4.52. The van der Waals surface area contributed by atoms with Gasteiger partial charge in [-0.3, -0.25) is 9.78 Å². The van der Waals surface area contributed by atoms with Gasteiger partial charge in [-0.05, 0) is 31.0 Å². The van der Waals surface area contributed by atoms with E-state index in [0.717, 1.165) is 5.56 Å². The largest absolute Gasteiger partial charge is 0.480 e. The molecule has 21 heavy (non-hydrogen) atoms. The van der Waals surface area contributed by atoms with Crippen molar-refractivity contribution in [2.45, 2.75) is 31.8 Å². The predicted molar refractivity (Wildman–Crippen MR) is 74.2 cm³/mol. The number of carbonyl (C=O) groups is 3. The molecule has 1 rings (SSSR count). The molecule has 8 heteroatoms. The molecule has 0 aliphatic heterocycles. The summed E-state index contributed by atoms with van der Waals surface area (Å²) in [6, 6.07) is 1.39. The number of carboxylic acids is 1. The molecule has 1 aromatic rings. The molecule has 0 aliphatic rings. The van der Waals surface area contributed by atoms with Crippen LogP contribution in [0.3, 0.4) is 0 Å². The van der Waals surface area contributed by atoms with Crippen LogP contribution >= 0.6 is 0 Å². The number of rotatable bonds is 7. The number of amides is 3. The normalized spacial score (nSPS) is 13.0. The highest BCUT2D eigenvalue weighted by Gasteiger charge is 2.21. The lowest BCUT2D eigenvalue weighted by atomic mass is 10.1. The van der Waals surface area contributed by atoms with Crippen molar-refractivity contribution in [3.63, 3.8) is 0 Å². The standard InChI is InChI=1S/C13H18N4O4/c1-8(9-4-6-15-7-5-9)16-13(21)17-10(12(19)20)2-3-11(14)18/h4-8,10H,2-3H2,1H3,(H2,14,18)(H,19,20)(H2,16,17,21). The molecule has 0 saturated heterocycles. The summed E-state index contributed by atoms with van der Waals surface area (Å²) < 4.78 is 0. The third kappa shape index (κ3) is 5.89. The second kappa shape index (κ2) is 7.83. The van der Waals surface area contributed by atoms with Crippen molar-refractivity contribution in [1.82, 2.24) is 15.6 Å². The van der Waals surface area contributed by atoms with E-state index in [1.807, 2.05) is 0 Å². The Balaban J connectivity index is 2.54. The molecule has 2 unspecified atom stereocenters. The fourth-order valence-corrected chi connectivity index (χ4v) is 1.68. The van der Waals surface area contributed by atoms with Crippen molar-refractivity contribution in [2.24, 2.45) is 5.73 Å². The van der Waals surface area contributed by atoms with Crippen molar-refractivity contribution in [3.8, 4) is 0 Å². The van der Waals surface area contributed by atoms with Crippen LogP contribution in [0.15, 0.2) is 24.5 Å². The van der Waals surface area contributed by atoms with Gasteiger partial charge in [-0.1, -0.05) is 0 Å². The van der Waals surface area contributed by atoms with Crippen molar-refractivity contribution >= 4 is 17.9 Å². The van der Waals surface area contributed by atoms with Crippen LogP contribution in [0, 0.1) is 0 Å². The van der Waals surface area contributed by atoms with Crippen LogP contribution in [0.1, 0.15) is 31.4 Å². The number of carboxylic acid groups (broad SMARTS) is 1. The van der Waals surface area contributed by atoms with Crippen LogP contribution in [0.5, 0.6) is 0 Å². The van der Waals surface area contributed by atoms with Gasteiger partial charge < -0.3 is 21.5 Å². The topological polar surface area (TPSA) is 134 Å². The Morgan fingerprint density at radius 2 is 1.90 bits per heavy atom. The van der Waals surface area contributed by atoms with E-state index >= 15 is 0 Å². The van der Waals surface area contributed by atoms with Crippen LogP contribution in [0.2, 0.25) is 0 Å². The van der Waals surface area contributed by atoms with E-state index in [1.54, 1.807) is 31.5 Å². The molecule has 0 fully saturated rings. The number of nitrogens with two attached hydrogens (primary N) is 1. The molecule has 0 saturated carbocycles. The molecule has 3 amide bonds. The van der Waals surface area contributed by atoms with Crippen LogP contribution in [0.4, 0.5) is 4.79 Å². The van der Waals surface area contributed by atoms with Crippen LogP contribution in [-0.2, 0) is 9.59 Å². The molecule has 1 aromatic heterocycles. The molecule has 0 bridgehead atoms. The molecule has 8 nitrogen and oxygen atoms in total. The van der Waals surface area contributed by atoms with Gasteiger partial charge in [0, 0.05) is 18.8 Å². The highest BCUT2D eigenvalue weighted by molar-refractivity contribution is 5.83. The number of carbonyl (C=O) groups excluding carboxylic acids is 2. The van der Waals surface area contributed by atoms with Crippen molar-refractivity contribution in [3.05, 3.63) is 30.1 Å². The van der Waals surface area contributed by atoms with Gasteiger partial charge in [0.1, 0.15) is 6.04 Å². The van der Waals surface area contributed by atoms with Gasteiger partial charge in [0.05, 0.1) is 6.04 Å². The van der Waals surface area contributed by atoms with Crippen LogP contribution < -0.4 is 16.4 Å². The number of hydrogen-bond acceptors (Lipinski definition) is 4. The van der Waals surface area contributed by atoms with E-state index in [4.69, 9.17) is 10.8 Å². The summed E-state index contributed by atoms with van der Waals surface area (Å²) in [6.45, 7) is 1.76. The number of nitrogens with one attached hydrogen (secondary N) is 2. The van der Waals surface area contributed by atoms with Crippen molar-refractivity contribution in [1.29, 1.82) is 0 Å². The number of pyridine rings is 1. The lowest BCUT2D eigenvalue weighted by molar-refractivity contribution is -0.139. The second-order valence-electron chi connectivity index (χ2n) is 4.52. The number of aromatic nitrogens is 1. The first-order valence-electron chi connectivity index (χ1n) is 6.38. The number of urea groups is 1. The molecule has 0 aliphatic carbocycles. The van der Waals surface area contributed by atoms with E-state index in [0.29, 0.717) is 0 Å². The SMILES string of the molecule is CC(NC(=O)NC(CCC(N)=O)C(=O)O)c1ccncc1. The first kappa shape index (κ1) is 16.4. The molecular weight excluding hydrogens is 276 g/mol. The minimum atomic E-state index is -1.22. The lowest BCUT2D eigenvalue weighted by Crippen LogP contribution is -2.46. The monoisotopic (exact) mass is 294 g/mol. The molecule has 5 N–H and O–H groups in total. The summed E-state index contributed by atoms with van der Waals surface area (Å²) in [5.74, 6) is -1.84. The summed E-state index contributed by atoms with van der Waals surface area (Å²) in [5, 5.41) is 13.9. The quantitative estimate of drug-likeness (QED) is 0.568. The molecule has 0 spiro atoms. The third-order valence-corrected chi connectivity index (χ3v) is 2.84. The first-order chi connectivity index (χ1) is 9.90. The van der Waals surface area contributed by atoms with E-state index in [2.05, 4.69) is 15.6 Å². The summed E-state index contributed by atoms with van der Waals surface area (Å²) in [4.78, 5) is 37.3.